The molecule has 3 N–H and O–H groups in total. The number of hydrogen-bond donors (Lipinski definition) is 3. The van der Waals surface area contributed by atoms with E-state index in [4.69, 9.17) is 9.84 Å². The molecule has 0 unspecified atom stereocenters. The first-order valence-corrected chi connectivity index (χ1v) is 5.60. The summed E-state index contributed by atoms with van der Waals surface area (Å²) in [5.74, 6) is -0.856. The number of carbonyl (C=O) groups excluding carboxylic acids is 2. The fourth-order valence-corrected chi connectivity index (χ4v) is 1.24. The van der Waals surface area contributed by atoms with Crippen molar-refractivity contribution in [1.82, 2.24) is 5.32 Å². The molecule has 0 radical (unpaired) electrons. The van der Waals surface area contributed by atoms with Crippen molar-refractivity contribution in [1.29, 1.82) is 0 Å². The van der Waals surface area contributed by atoms with Crippen LogP contribution in [0.4, 0.5) is 5.69 Å². The minimum Gasteiger partial charge on any atom is -0.494 e. The van der Waals surface area contributed by atoms with Crippen molar-refractivity contribution in [3.05, 3.63) is 24.3 Å². The number of amides is 2. The molecule has 0 aromatic heterocycles. The van der Waals surface area contributed by atoms with Crippen LogP contribution in [0, 0.1) is 0 Å². The number of benzene rings is 1. The third-order valence-corrected chi connectivity index (χ3v) is 2.03. The Balaban J connectivity index is 2.51. The highest BCUT2D eigenvalue weighted by molar-refractivity contribution is 6.39. The van der Waals surface area contributed by atoms with Gasteiger partial charge in [-0.05, 0) is 31.2 Å². The third kappa shape index (κ3) is 4.42. The molecule has 1 aromatic carbocycles. The monoisotopic (exact) mass is 252 g/mol. The number of ether oxygens (including phenoxy) is 1. The van der Waals surface area contributed by atoms with E-state index in [1.807, 2.05) is 6.92 Å². The molecular formula is C12H16N2O4. The minimum atomic E-state index is -0.780. The van der Waals surface area contributed by atoms with Crippen LogP contribution in [0.15, 0.2) is 24.3 Å². The van der Waals surface area contributed by atoms with Gasteiger partial charge in [0, 0.05) is 12.2 Å². The lowest BCUT2D eigenvalue weighted by molar-refractivity contribution is -0.136. The van der Waals surface area contributed by atoms with Gasteiger partial charge in [0.1, 0.15) is 5.75 Å². The number of aliphatic hydroxyl groups is 1. The van der Waals surface area contributed by atoms with E-state index in [9.17, 15) is 9.59 Å². The van der Waals surface area contributed by atoms with Crippen molar-refractivity contribution >= 4 is 17.5 Å². The van der Waals surface area contributed by atoms with E-state index in [1.165, 1.54) is 0 Å². The predicted octanol–water partition coefficient (Wildman–Crippen LogP) is 0.132. The summed E-state index contributed by atoms with van der Waals surface area (Å²) in [5.41, 5.74) is 0.502. The molecule has 0 heterocycles. The lowest BCUT2D eigenvalue weighted by atomic mass is 10.3. The van der Waals surface area contributed by atoms with Crippen molar-refractivity contribution < 1.29 is 19.4 Å². The lowest BCUT2D eigenvalue weighted by Crippen LogP contribution is -2.36. The van der Waals surface area contributed by atoms with Crippen molar-refractivity contribution in [2.75, 3.05) is 25.1 Å². The molecule has 0 aliphatic carbocycles. The summed E-state index contributed by atoms with van der Waals surface area (Å²) >= 11 is 0. The van der Waals surface area contributed by atoms with E-state index in [0.717, 1.165) is 0 Å². The first kappa shape index (κ1) is 14.0. The van der Waals surface area contributed by atoms with Gasteiger partial charge in [0.25, 0.3) is 0 Å². The summed E-state index contributed by atoms with van der Waals surface area (Å²) in [5, 5.41) is 13.2. The third-order valence-electron chi connectivity index (χ3n) is 2.03. The molecule has 0 aliphatic heterocycles. The number of rotatable bonds is 5. The summed E-state index contributed by atoms with van der Waals surface area (Å²) in [4.78, 5) is 22.6. The van der Waals surface area contributed by atoms with Crippen LogP contribution in [0.3, 0.4) is 0 Å². The van der Waals surface area contributed by atoms with Crippen LogP contribution in [0.2, 0.25) is 0 Å². The van der Waals surface area contributed by atoms with Gasteiger partial charge in [0.05, 0.1) is 13.2 Å². The molecular weight excluding hydrogens is 236 g/mol. The Morgan fingerprint density at radius 1 is 1.22 bits per heavy atom. The first-order valence-electron chi connectivity index (χ1n) is 5.60. The smallest absolute Gasteiger partial charge is 0.313 e. The number of aliphatic hydroxyl groups excluding tert-OH is 1. The largest absolute Gasteiger partial charge is 0.494 e. The Morgan fingerprint density at radius 2 is 1.89 bits per heavy atom. The van der Waals surface area contributed by atoms with Gasteiger partial charge < -0.3 is 20.5 Å². The Morgan fingerprint density at radius 3 is 2.44 bits per heavy atom. The van der Waals surface area contributed by atoms with E-state index in [1.54, 1.807) is 24.3 Å². The molecule has 6 nitrogen and oxygen atoms in total. The highest BCUT2D eigenvalue weighted by atomic mass is 16.5. The minimum absolute atomic E-state index is 0.0511. The van der Waals surface area contributed by atoms with Gasteiger partial charge in [0.2, 0.25) is 0 Å². The van der Waals surface area contributed by atoms with Gasteiger partial charge in [0.15, 0.2) is 0 Å². The van der Waals surface area contributed by atoms with Crippen molar-refractivity contribution in [3.63, 3.8) is 0 Å². The number of hydrogen-bond acceptors (Lipinski definition) is 4. The molecule has 98 valence electrons. The predicted molar refractivity (Wildman–Crippen MR) is 66.3 cm³/mol. The van der Waals surface area contributed by atoms with Crippen molar-refractivity contribution in [2.45, 2.75) is 6.92 Å². The maximum atomic E-state index is 11.4. The summed E-state index contributed by atoms with van der Waals surface area (Å²) in [6.07, 6.45) is 0. The zero-order valence-electron chi connectivity index (χ0n) is 10.1. The Hall–Kier alpha value is -2.08. The number of carbonyl (C=O) groups is 2. The maximum absolute atomic E-state index is 11.4. The molecule has 0 spiro atoms. The van der Waals surface area contributed by atoms with Gasteiger partial charge in [-0.2, -0.15) is 0 Å². The lowest BCUT2D eigenvalue weighted by Gasteiger charge is -2.07. The highest BCUT2D eigenvalue weighted by Crippen LogP contribution is 2.15. The molecule has 0 aliphatic rings. The normalized spacial score (nSPS) is 9.67. The average Bonchev–Trinajstić information content (AvgIpc) is 2.38. The quantitative estimate of drug-likeness (QED) is 0.650. The summed E-state index contributed by atoms with van der Waals surface area (Å²) in [7, 11) is 0. The second-order valence-electron chi connectivity index (χ2n) is 3.39. The molecule has 0 saturated heterocycles. The zero-order valence-corrected chi connectivity index (χ0v) is 10.1. The van der Waals surface area contributed by atoms with Crippen molar-refractivity contribution in [3.8, 4) is 5.75 Å². The second kappa shape index (κ2) is 7.29. The van der Waals surface area contributed by atoms with E-state index >= 15 is 0 Å². The molecule has 0 saturated carbocycles. The molecule has 0 fully saturated rings. The van der Waals surface area contributed by atoms with E-state index in [2.05, 4.69) is 10.6 Å². The summed E-state index contributed by atoms with van der Waals surface area (Å²) in [6, 6.07) is 6.68. The van der Waals surface area contributed by atoms with E-state index in [-0.39, 0.29) is 13.2 Å². The Bertz CT molecular complexity index is 403. The standard InChI is InChI=1S/C12H16N2O4/c1-2-18-10-5-3-9(4-6-10)14-12(17)11(16)13-7-8-15/h3-6,15H,2,7-8H2,1H3,(H,13,16)(H,14,17). The van der Waals surface area contributed by atoms with Crippen LogP contribution < -0.4 is 15.4 Å². The molecule has 0 bridgehead atoms. The Labute approximate surface area is 105 Å². The van der Waals surface area contributed by atoms with Gasteiger partial charge in [-0.3, -0.25) is 9.59 Å². The van der Waals surface area contributed by atoms with Gasteiger partial charge in [-0.1, -0.05) is 0 Å². The Kier molecular flexibility index (Phi) is 5.66. The fourth-order valence-electron chi connectivity index (χ4n) is 1.24. The van der Waals surface area contributed by atoms with E-state index < -0.39 is 11.8 Å². The van der Waals surface area contributed by atoms with E-state index in [0.29, 0.717) is 18.0 Å². The van der Waals surface area contributed by atoms with Gasteiger partial charge in [-0.25, -0.2) is 0 Å². The first-order chi connectivity index (χ1) is 8.67. The van der Waals surface area contributed by atoms with Crippen molar-refractivity contribution in [2.24, 2.45) is 0 Å². The van der Waals surface area contributed by atoms with Gasteiger partial charge >= 0.3 is 11.8 Å². The summed E-state index contributed by atoms with van der Waals surface area (Å²) in [6.45, 7) is 2.29. The fraction of sp³-hybridized carbons (Fsp3) is 0.333. The number of anilines is 1. The molecule has 2 amide bonds. The SMILES string of the molecule is CCOc1ccc(NC(=O)C(=O)NCCO)cc1. The summed E-state index contributed by atoms with van der Waals surface area (Å²) < 4.78 is 5.25. The molecule has 0 atom stereocenters. The highest BCUT2D eigenvalue weighted by Gasteiger charge is 2.12. The van der Waals surface area contributed by atoms with Crippen LogP contribution in [0.1, 0.15) is 6.92 Å². The van der Waals surface area contributed by atoms with Crippen LogP contribution in [0.25, 0.3) is 0 Å². The topological polar surface area (TPSA) is 87.7 Å². The van der Waals surface area contributed by atoms with Gasteiger partial charge in [-0.15, -0.1) is 0 Å². The number of nitrogens with one attached hydrogen (secondary N) is 2. The van der Waals surface area contributed by atoms with Crippen LogP contribution in [-0.2, 0) is 9.59 Å². The molecule has 6 heteroatoms. The van der Waals surface area contributed by atoms with Crippen LogP contribution >= 0.6 is 0 Å². The molecule has 18 heavy (non-hydrogen) atoms. The van der Waals surface area contributed by atoms with Crippen LogP contribution in [-0.4, -0.2) is 36.7 Å². The van der Waals surface area contributed by atoms with Crippen LogP contribution in [0.5, 0.6) is 5.75 Å². The second-order valence-corrected chi connectivity index (χ2v) is 3.39. The maximum Gasteiger partial charge on any atom is 0.313 e. The molecule has 1 aromatic rings. The average molecular weight is 252 g/mol. The zero-order chi connectivity index (χ0) is 13.4. The molecule has 1 rings (SSSR count).